The second-order valence-electron chi connectivity index (χ2n) is 4.59. The van der Waals surface area contributed by atoms with E-state index < -0.39 is 0 Å². The van der Waals surface area contributed by atoms with Crippen molar-refractivity contribution in [2.45, 2.75) is 32.5 Å². The standard InChI is InChI=1S/C16H20O3/c1-13-12-14(8-9-15(13)17-2)6-5-11-19-16-7-3-4-10-18-16/h8-9,12,16H,3-4,7,10-11H2,1-2H3. The van der Waals surface area contributed by atoms with Gasteiger partial charge in [0.2, 0.25) is 0 Å². The fourth-order valence-corrected chi connectivity index (χ4v) is 2.07. The third-order valence-electron chi connectivity index (χ3n) is 3.11. The van der Waals surface area contributed by atoms with Crippen LogP contribution < -0.4 is 4.74 Å². The number of benzene rings is 1. The molecule has 0 saturated carbocycles. The quantitative estimate of drug-likeness (QED) is 0.782. The molecule has 19 heavy (non-hydrogen) atoms. The molecule has 1 aliphatic rings. The Morgan fingerprint density at radius 1 is 1.37 bits per heavy atom. The first-order chi connectivity index (χ1) is 9.29. The monoisotopic (exact) mass is 260 g/mol. The van der Waals surface area contributed by atoms with Crippen molar-refractivity contribution < 1.29 is 14.2 Å². The van der Waals surface area contributed by atoms with Crippen molar-refractivity contribution in [2.75, 3.05) is 20.3 Å². The van der Waals surface area contributed by atoms with Gasteiger partial charge in [-0.3, -0.25) is 0 Å². The zero-order valence-electron chi connectivity index (χ0n) is 11.6. The molecule has 0 bridgehead atoms. The van der Waals surface area contributed by atoms with Crippen molar-refractivity contribution in [3.8, 4) is 17.6 Å². The van der Waals surface area contributed by atoms with Crippen LogP contribution >= 0.6 is 0 Å². The van der Waals surface area contributed by atoms with Crippen LogP contribution in [0, 0.1) is 18.8 Å². The van der Waals surface area contributed by atoms with E-state index in [0.717, 1.165) is 36.3 Å². The summed E-state index contributed by atoms with van der Waals surface area (Å²) in [6, 6.07) is 5.91. The van der Waals surface area contributed by atoms with Gasteiger partial charge in [0, 0.05) is 12.2 Å². The summed E-state index contributed by atoms with van der Waals surface area (Å²) in [5.41, 5.74) is 2.07. The molecule has 1 saturated heterocycles. The number of ether oxygens (including phenoxy) is 3. The maximum absolute atomic E-state index is 5.56. The van der Waals surface area contributed by atoms with Crippen molar-refractivity contribution >= 4 is 0 Å². The van der Waals surface area contributed by atoms with Crippen molar-refractivity contribution in [2.24, 2.45) is 0 Å². The first kappa shape index (κ1) is 13.9. The lowest BCUT2D eigenvalue weighted by molar-refractivity contribution is -0.154. The minimum absolute atomic E-state index is 0.0688. The Morgan fingerprint density at radius 2 is 2.26 bits per heavy atom. The third kappa shape index (κ3) is 4.27. The first-order valence-electron chi connectivity index (χ1n) is 6.66. The first-order valence-corrected chi connectivity index (χ1v) is 6.66. The van der Waals surface area contributed by atoms with Crippen molar-refractivity contribution in [3.05, 3.63) is 29.3 Å². The number of methoxy groups -OCH3 is 1. The summed E-state index contributed by atoms with van der Waals surface area (Å²) in [5.74, 6) is 7.00. The van der Waals surface area contributed by atoms with E-state index in [-0.39, 0.29) is 6.29 Å². The molecule has 0 radical (unpaired) electrons. The largest absolute Gasteiger partial charge is 0.496 e. The summed E-state index contributed by atoms with van der Waals surface area (Å²) in [5, 5.41) is 0. The summed E-state index contributed by atoms with van der Waals surface area (Å²) in [7, 11) is 1.67. The molecule has 2 rings (SSSR count). The van der Waals surface area contributed by atoms with Gasteiger partial charge in [0.25, 0.3) is 0 Å². The second-order valence-corrected chi connectivity index (χ2v) is 4.59. The Kier molecular flexibility index (Phi) is 5.26. The SMILES string of the molecule is COc1ccc(C#CCOC2CCCCO2)cc1C. The van der Waals surface area contributed by atoms with Crippen LogP contribution in [0.2, 0.25) is 0 Å². The highest BCUT2D eigenvalue weighted by molar-refractivity contribution is 5.43. The normalized spacial score (nSPS) is 18.5. The van der Waals surface area contributed by atoms with E-state index in [1.165, 1.54) is 6.42 Å². The van der Waals surface area contributed by atoms with Crippen molar-refractivity contribution in [1.29, 1.82) is 0 Å². The zero-order valence-corrected chi connectivity index (χ0v) is 11.6. The fourth-order valence-electron chi connectivity index (χ4n) is 2.07. The van der Waals surface area contributed by atoms with E-state index in [1.54, 1.807) is 7.11 Å². The van der Waals surface area contributed by atoms with Gasteiger partial charge in [0.05, 0.1) is 7.11 Å². The minimum Gasteiger partial charge on any atom is -0.496 e. The molecule has 1 fully saturated rings. The van der Waals surface area contributed by atoms with Crippen LogP contribution in [0.25, 0.3) is 0 Å². The highest BCUT2D eigenvalue weighted by Gasteiger charge is 2.12. The molecule has 1 aromatic rings. The molecule has 3 heteroatoms. The van der Waals surface area contributed by atoms with E-state index in [9.17, 15) is 0 Å². The molecule has 0 aromatic heterocycles. The number of aryl methyl sites for hydroxylation is 1. The summed E-state index contributed by atoms with van der Waals surface area (Å²) in [6.45, 7) is 3.22. The van der Waals surface area contributed by atoms with E-state index in [4.69, 9.17) is 14.2 Å². The Balaban J connectivity index is 1.84. The molecule has 1 unspecified atom stereocenters. The topological polar surface area (TPSA) is 27.7 Å². The number of hydrogen-bond donors (Lipinski definition) is 0. The van der Waals surface area contributed by atoms with Gasteiger partial charge < -0.3 is 14.2 Å². The molecule has 0 amide bonds. The molecule has 1 aliphatic heterocycles. The number of rotatable bonds is 3. The summed E-state index contributed by atoms with van der Waals surface area (Å²) >= 11 is 0. The Hall–Kier alpha value is -1.50. The van der Waals surface area contributed by atoms with Gasteiger partial charge in [-0.15, -0.1) is 0 Å². The van der Waals surface area contributed by atoms with Gasteiger partial charge >= 0.3 is 0 Å². The molecule has 0 aliphatic carbocycles. The van der Waals surface area contributed by atoms with Crippen LogP contribution in [0.5, 0.6) is 5.75 Å². The van der Waals surface area contributed by atoms with Crippen molar-refractivity contribution in [3.63, 3.8) is 0 Å². The van der Waals surface area contributed by atoms with Gasteiger partial charge in [-0.2, -0.15) is 0 Å². The highest BCUT2D eigenvalue weighted by atomic mass is 16.7. The lowest BCUT2D eigenvalue weighted by Gasteiger charge is -2.21. The Labute approximate surface area is 114 Å². The molecule has 1 atom stereocenters. The van der Waals surface area contributed by atoms with Gasteiger partial charge in [-0.05, 0) is 49.9 Å². The van der Waals surface area contributed by atoms with Crippen LogP contribution in [-0.4, -0.2) is 26.6 Å². The van der Waals surface area contributed by atoms with Crippen LogP contribution in [0.1, 0.15) is 30.4 Å². The van der Waals surface area contributed by atoms with E-state index in [0.29, 0.717) is 6.61 Å². The molecule has 1 heterocycles. The van der Waals surface area contributed by atoms with Crippen LogP contribution in [-0.2, 0) is 9.47 Å². The lowest BCUT2D eigenvalue weighted by atomic mass is 10.1. The molecule has 1 aromatic carbocycles. The van der Waals surface area contributed by atoms with E-state index >= 15 is 0 Å². The Bertz CT molecular complexity index is 465. The smallest absolute Gasteiger partial charge is 0.158 e. The summed E-state index contributed by atoms with van der Waals surface area (Å²) < 4.78 is 16.2. The molecule has 0 N–H and O–H groups in total. The molecule has 3 nitrogen and oxygen atoms in total. The van der Waals surface area contributed by atoms with Gasteiger partial charge in [-0.25, -0.2) is 0 Å². The van der Waals surface area contributed by atoms with E-state index in [1.807, 2.05) is 25.1 Å². The molecule has 102 valence electrons. The van der Waals surface area contributed by atoms with Crippen molar-refractivity contribution in [1.82, 2.24) is 0 Å². The summed E-state index contributed by atoms with van der Waals surface area (Å²) in [6.07, 6.45) is 3.22. The average molecular weight is 260 g/mol. The molecular weight excluding hydrogens is 240 g/mol. The predicted molar refractivity (Wildman–Crippen MR) is 74.2 cm³/mol. The zero-order chi connectivity index (χ0) is 13.5. The molecular formula is C16H20O3. The minimum atomic E-state index is -0.0688. The average Bonchev–Trinajstić information content (AvgIpc) is 2.45. The maximum Gasteiger partial charge on any atom is 0.158 e. The number of hydrogen-bond acceptors (Lipinski definition) is 3. The van der Waals surface area contributed by atoms with E-state index in [2.05, 4.69) is 11.8 Å². The van der Waals surface area contributed by atoms with Crippen LogP contribution in [0.4, 0.5) is 0 Å². The Morgan fingerprint density at radius 3 is 2.95 bits per heavy atom. The fraction of sp³-hybridized carbons (Fsp3) is 0.500. The lowest BCUT2D eigenvalue weighted by Crippen LogP contribution is -2.22. The maximum atomic E-state index is 5.56. The van der Waals surface area contributed by atoms with Gasteiger partial charge in [-0.1, -0.05) is 11.8 Å². The van der Waals surface area contributed by atoms with Crippen LogP contribution in [0.15, 0.2) is 18.2 Å². The highest BCUT2D eigenvalue weighted by Crippen LogP contribution is 2.17. The van der Waals surface area contributed by atoms with Gasteiger partial charge in [0.1, 0.15) is 12.4 Å². The van der Waals surface area contributed by atoms with Crippen LogP contribution in [0.3, 0.4) is 0 Å². The van der Waals surface area contributed by atoms with Gasteiger partial charge in [0.15, 0.2) is 6.29 Å². The second kappa shape index (κ2) is 7.18. The molecule has 0 spiro atoms. The predicted octanol–water partition coefficient (Wildman–Crippen LogP) is 2.90. The third-order valence-corrected chi connectivity index (χ3v) is 3.11. The summed E-state index contributed by atoms with van der Waals surface area (Å²) in [4.78, 5) is 0.